The largest absolute Gasteiger partial charge is 0.457 e. The minimum absolute atomic E-state index is 0.221. The van der Waals surface area contributed by atoms with Crippen LogP contribution in [0.5, 0.6) is 0 Å². The molecule has 8 heteroatoms. The number of nitrogens with two attached hydrogens (primary N) is 1. The number of aromatic nitrogens is 2. The van der Waals surface area contributed by atoms with Crippen molar-refractivity contribution >= 4 is 17.6 Å². The van der Waals surface area contributed by atoms with Crippen LogP contribution < -0.4 is 17.0 Å². The third-order valence-electron chi connectivity index (χ3n) is 4.21. The fraction of sp³-hybridized carbons (Fsp3) is 0.368. The van der Waals surface area contributed by atoms with Gasteiger partial charge in [-0.15, -0.1) is 0 Å². The number of H-pyrrole nitrogens is 1. The molecule has 27 heavy (non-hydrogen) atoms. The highest BCUT2D eigenvalue weighted by molar-refractivity contribution is 6.01. The molecule has 1 heterocycles. The van der Waals surface area contributed by atoms with E-state index in [9.17, 15) is 19.2 Å². The molecule has 0 radical (unpaired) electrons. The molecule has 8 nitrogen and oxygen atoms in total. The molecular formula is C19H23N3O5. The Balaban J connectivity index is 2.18. The summed E-state index contributed by atoms with van der Waals surface area (Å²) in [6, 6.07) is 9.08. The molecule has 0 fully saturated rings. The molecule has 144 valence electrons. The summed E-state index contributed by atoms with van der Waals surface area (Å²) in [6.07, 6.45) is 1.09. The number of carbonyl (C=O) groups excluding carboxylic acids is 2. The van der Waals surface area contributed by atoms with E-state index < -0.39 is 35.5 Å². The Morgan fingerprint density at radius 3 is 2.44 bits per heavy atom. The molecular weight excluding hydrogens is 350 g/mol. The first-order chi connectivity index (χ1) is 12.9. The average molecular weight is 373 g/mol. The van der Waals surface area contributed by atoms with Crippen molar-refractivity contribution in [1.29, 1.82) is 0 Å². The highest BCUT2D eigenvalue weighted by Gasteiger charge is 2.24. The Hall–Kier alpha value is -3.16. The van der Waals surface area contributed by atoms with Crippen molar-refractivity contribution in [2.45, 2.75) is 39.2 Å². The molecule has 2 aromatic rings. The maximum Gasteiger partial charge on any atom is 0.329 e. The topological polar surface area (TPSA) is 124 Å². The van der Waals surface area contributed by atoms with Crippen LogP contribution in [-0.2, 0) is 16.1 Å². The zero-order chi connectivity index (χ0) is 20.0. The van der Waals surface area contributed by atoms with Gasteiger partial charge in [-0.2, -0.15) is 0 Å². The quantitative estimate of drug-likeness (QED) is 0.533. The number of Topliss-reactive ketones (excluding diaryl/α,β-unsaturated/α-hetero) is 1. The van der Waals surface area contributed by atoms with E-state index in [-0.39, 0.29) is 17.9 Å². The summed E-state index contributed by atoms with van der Waals surface area (Å²) in [6.45, 7) is 3.30. The Morgan fingerprint density at radius 2 is 1.85 bits per heavy atom. The van der Waals surface area contributed by atoms with Gasteiger partial charge in [0.05, 0.1) is 5.92 Å². The van der Waals surface area contributed by atoms with Gasteiger partial charge in [0.25, 0.3) is 5.56 Å². The number of benzene rings is 1. The molecule has 0 spiro atoms. The van der Waals surface area contributed by atoms with Gasteiger partial charge in [-0.3, -0.25) is 23.9 Å². The van der Waals surface area contributed by atoms with Crippen LogP contribution in [0, 0.1) is 0 Å². The fourth-order valence-electron chi connectivity index (χ4n) is 2.84. The summed E-state index contributed by atoms with van der Waals surface area (Å²) in [5, 5.41) is 0. The van der Waals surface area contributed by atoms with Crippen molar-refractivity contribution < 1.29 is 14.3 Å². The second-order valence-electron chi connectivity index (χ2n) is 6.07. The van der Waals surface area contributed by atoms with Gasteiger partial charge in [-0.05, 0) is 18.4 Å². The minimum Gasteiger partial charge on any atom is -0.457 e. The third kappa shape index (κ3) is 4.52. The number of nitrogens with zero attached hydrogens (tertiary/aromatic N) is 1. The van der Waals surface area contributed by atoms with Crippen LogP contribution in [0.25, 0.3) is 0 Å². The molecule has 1 atom stereocenters. The van der Waals surface area contributed by atoms with Gasteiger partial charge in [0.2, 0.25) is 5.78 Å². The predicted molar refractivity (Wildman–Crippen MR) is 101 cm³/mol. The number of ether oxygens (including phenoxy) is 1. The second kappa shape index (κ2) is 8.98. The van der Waals surface area contributed by atoms with Crippen molar-refractivity contribution in [1.82, 2.24) is 9.55 Å². The van der Waals surface area contributed by atoms with Crippen LogP contribution in [-0.4, -0.2) is 27.9 Å². The van der Waals surface area contributed by atoms with Gasteiger partial charge >= 0.3 is 11.7 Å². The molecule has 1 aromatic heterocycles. The highest BCUT2D eigenvalue weighted by Crippen LogP contribution is 2.20. The maximum absolute atomic E-state index is 12.4. The molecule has 3 N–H and O–H groups in total. The highest BCUT2D eigenvalue weighted by atomic mass is 16.5. The molecule has 0 bridgehead atoms. The van der Waals surface area contributed by atoms with Gasteiger partial charge in [-0.25, -0.2) is 4.79 Å². The Morgan fingerprint density at radius 1 is 1.19 bits per heavy atom. The van der Waals surface area contributed by atoms with E-state index in [0.717, 1.165) is 10.1 Å². The number of ketones is 1. The lowest BCUT2D eigenvalue weighted by atomic mass is 9.97. The molecule has 1 aromatic carbocycles. The Kier molecular flexibility index (Phi) is 6.70. The van der Waals surface area contributed by atoms with Gasteiger partial charge in [0.1, 0.15) is 11.4 Å². The first kappa shape index (κ1) is 20.2. The van der Waals surface area contributed by atoms with Crippen molar-refractivity contribution in [2.24, 2.45) is 0 Å². The summed E-state index contributed by atoms with van der Waals surface area (Å²) >= 11 is 0. The number of hydrogen-bond donors (Lipinski definition) is 2. The van der Waals surface area contributed by atoms with Crippen LogP contribution >= 0.6 is 0 Å². The van der Waals surface area contributed by atoms with Crippen molar-refractivity contribution in [2.75, 3.05) is 12.3 Å². The number of esters is 1. The summed E-state index contributed by atoms with van der Waals surface area (Å²) in [7, 11) is 0. The summed E-state index contributed by atoms with van der Waals surface area (Å²) in [5.74, 6) is -2.05. The summed E-state index contributed by atoms with van der Waals surface area (Å²) in [4.78, 5) is 50.7. The number of aromatic amines is 1. The molecule has 0 aliphatic rings. The van der Waals surface area contributed by atoms with E-state index in [4.69, 9.17) is 10.5 Å². The number of rotatable bonds is 8. The first-order valence-corrected chi connectivity index (χ1v) is 8.78. The fourth-order valence-corrected chi connectivity index (χ4v) is 2.84. The average Bonchev–Trinajstić information content (AvgIpc) is 2.64. The lowest BCUT2D eigenvalue weighted by molar-refractivity contribution is -0.144. The van der Waals surface area contributed by atoms with Gasteiger partial charge < -0.3 is 10.5 Å². The molecule has 0 aliphatic heterocycles. The number of carbonyl (C=O) groups is 2. The van der Waals surface area contributed by atoms with Gasteiger partial charge in [0, 0.05) is 6.54 Å². The van der Waals surface area contributed by atoms with E-state index in [2.05, 4.69) is 4.98 Å². The van der Waals surface area contributed by atoms with Crippen molar-refractivity contribution in [3.63, 3.8) is 0 Å². The van der Waals surface area contributed by atoms with Gasteiger partial charge in [0.15, 0.2) is 6.61 Å². The van der Waals surface area contributed by atoms with Crippen LogP contribution in [0.2, 0.25) is 0 Å². The lowest BCUT2D eigenvalue weighted by Crippen LogP contribution is -2.37. The van der Waals surface area contributed by atoms with Crippen LogP contribution in [0.1, 0.15) is 48.5 Å². The Bertz CT molecular complexity index is 931. The first-order valence-electron chi connectivity index (χ1n) is 8.78. The van der Waals surface area contributed by atoms with Crippen LogP contribution in [0.3, 0.4) is 0 Å². The number of nitrogen functional groups attached to an aromatic ring is 1. The molecule has 0 unspecified atom stereocenters. The lowest BCUT2D eigenvalue weighted by Gasteiger charge is -2.15. The second-order valence-corrected chi connectivity index (χ2v) is 6.07. The molecule has 0 saturated carbocycles. The van der Waals surface area contributed by atoms with Gasteiger partial charge in [-0.1, -0.05) is 44.2 Å². The minimum atomic E-state index is -0.888. The Labute approximate surface area is 156 Å². The summed E-state index contributed by atoms with van der Waals surface area (Å²) < 4.78 is 6.24. The summed E-state index contributed by atoms with van der Waals surface area (Å²) in [5.41, 5.74) is 4.68. The van der Waals surface area contributed by atoms with E-state index in [1.54, 1.807) is 12.1 Å². The standard InChI is InChI=1S/C19H23N3O5/c1-3-10-22-16(20)15(17(24)21-19(22)26)14(23)11-27-18(25)13(4-2)12-8-6-5-7-9-12/h5-9,13H,3-4,10-11,20H2,1-2H3,(H,21,24,26)/t13-/m0/s1. The SMILES string of the molecule is CCCn1c(N)c(C(=O)COC(=O)[C@@H](CC)c2ccccc2)c(=O)[nH]c1=O. The number of hydrogen-bond acceptors (Lipinski definition) is 6. The molecule has 2 rings (SSSR count). The molecule has 0 aliphatic carbocycles. The van der Waals surface area contributed by atoms with Crippen molar-refractivity contribution in [3.05, 3.63) is 62.3 Å². The van der Waals surface area contributed by atoms with E-state index in [1.165, 1.54) is 0 Å². The van der Waals surface area contributed by atoms with E-state index in [0.29, 0.717) is 12.8 Å². The number of nitrogens with one attached hydrogen (secondary N) is 1. The van der Waals surface area contributed by atoms with E-state index in [1.807, 2.05) is 32.0 Å². The smallest absolute Gasteiger partial charge is 0.329 e. The maximum atomic E-state index is 12.4. The van der Waals surface area contributed by atoms with Crippen molar-refractivity contribution in [3.8, 4) is 0 Å². The van der Waals surface area contributed by atoms with E-state index >= 15 is 0 Å². The molecule has 0 amide bonds. The monoisotopic (exact) mass is 373 g/mol. The zero-order valence-corrected chi connectivity index (χ0v) is 15.4. The zero-order valence-electron chi connectivity index (χ0n) is 15.4. The number of anilines is 1. The molecule has 0 saturated heterocycles. The normalized spacial score (nSPS) is 11.8. The van der Waals surface area contributed by atoms with Crippen LogP contribution in [0.15, 0.2) is 39.9 Å². The third-order valence-corrected chi connectivity index (χ3v) is 4.21. The predicted octanol–water partition coefficient (Wildman–Crippen LogP) is 1.45. The van der Waals surface area contributed by atoms with Crippen LogP contribution in [0.4, 0.5) is 5.82 Å².